The van der Waals surface area contributed by atoms with Crippen molar-refractivity contribution < 1.29 is 9.53 Å². The molecule has 0 spiro atoms. The van der Waals surface area contributed by atoms with Crippen molar-refractivity contribution >= 4 is 5.91 Å². The minimum Gasteiger partial charge on any atom is -0.489 e. The van der Waals surface area contributed by atoms with Gasteiger partial charge >= 0.3 is 0 Å². The molecule has 0 saturated heterocycles. The zero-order chi connectivity index (χ0) is 18.2. The van der Waals surface area contributed by atoms with Crippen molar-refractivity contribution in [1.82, 2.24) is 10.3 Å². The average Bonchev–Trinajstić information content (AvgIpc) is 2.68. The Morgan fingerprint density at radius 2 is 1.69 bits per heavy atom. The second-order valence-corrected chi connectivity index (χ2v) is 6.23. The second kappa shape index (κ2) is 8.81. The molecule has 4 nitrogen and oxygen atoms in total. The van der Waals surface area contributed by atoms with Crippen molar-refractivity contribution in [3.63, 3.8) is 0 Å². The highest BCUT2D eigenvalue weighted by Gasteiger charge is 2.04. The largest absolute Gasteiger partial charge is 0.489 e. The normalized spacial score (nSPS) is 10.3. The lowest BCUT2D eigenvalue weighted by Gasteiger charge is -2.08. The quantitative estimate of drug-likeness (QED) is 0.707. The molecule has 0 atom stereocenters. The van der Waals surface area contributed by atoms with E-state index < -0.39 is 0 Å². The highest BCUT2D eigenvalue weighted by Crippen LogP contribution is 2.14. The van der Waals surface area contributed by atoms with Gasteiger partial charge in [0, 0.05) is 24.5 Å². The van der Waals surface area contributed by atoms with Gasteiger partial charge in [-0.05, 0) is 36.2 Å². The zero-order valence-electron chi connectivity index (χ0n) is 14.8. The smallest absolute Gasteiger partial charge is 0.224 e. The summed E-state index contributed by atoms with van der Waals surface area (Å²) in [6.07, 6.45) is 3.93. The molecule has 1 heterocycles. The summed E-state index contributed by atoms with van der Waals surface area (Å²) >= 11 is 0. The first-order chi connectivity index (χ1) is 12.7. The summed E-state index contributed by atoms with van der Waals surface area (Å²) in [7, 11) is 0. The standard InChI is InChI=1S/C22H22N2O2/c1-17-4-6-18(7-5-17)13-22(25)24-15-19-8-10-21(11-9-19)26-16-20-3-2-12-23-14-20/h2-12,14H,13,15-16H2,1H3,(H,24,25). The highest BCUT2D eigenvalue weighted by atomic mass is 16.5. The van der Waals surface area contributed by atoms with Crippen LogP contribution in [0.3, 0.4) is 0 Å². The number of nitrogens with one attached hydrogen (secondary N) is 1. The number of hydrogen-bond acceptors (Lipinski definition) is 3. The Morgan fingerprint density at radius 1 is 0.962 bits per heavy atom. The third kappa shape index (κ3) is 5.45. The molecular weight excluding hydrogens is 324 g/mol. The van der Waals surface area contributed by atoms with E-state index in [1.54, 1.807) is 12.4 Å². The molecule has 0 aliphatic rings. The van der Waals surface area contributed by atoms with E-state index in [4.69, 9.17) is 4.74 Å². The fraction of sp³-hybridized carbons (Fsp3) is 0.182. The molecule has 0 bridgehead atoms. The molecule has 26 heavy (non-hydrogen) atoms. The Labute approximate surface area is 153 Å². The molecule has 0 aliphatic carbocycles. The summed E-state index contributed by atoms with van der Waals surface area (Å²) in [4.78, 5) is 16.1. The highest BCUT2D eigenvalue weighted by molar-refractivity contribution is 5.78. The van der Waals surface area contributed by atoms with Crippen LogP contribution in [0, 0.1) is 6.92 Å². The predicted molar refractivity (Wildman–Crippen MR) is 102 cm³/mol. The van der Waals surface area contributed by atoms with E-state index in [1.807, 2.05) is 67.6 Å². The first-order valence-electron chi connectivity index (χ1n) is 8.62. The van der Waals surface area contributed by atoms with Crippen LogP contribution in [0.25, 0.3) is 0 Å². The molecule has 0 saturated carbocycles. The van der Waals surface area contributed by atoms with Crippen LogP contribution in [0.5, 0.6) is 5.75 Å². The molecule has 132 valence electrons. The van der Waals surface area contributed by atoms with E-state index in [0.29, 0.717) is 19.6 Å². The van der Waals surface area contributed by atoms with Gasteiger partial charge in [0.2, 0.25) is 5.91 Å². The van der Waals surface area contributed by atoms with Crippen molar-refractivity contribution in [2.75, 3.05) is 0 Å². The molecule has 4 heteroatoms. The summed E-state index contributed by atoms with van der Waals surface area (Å²) in [5, 5.41) is 2.95. The minimum atomic E-state index is 0.0192. The van der Waals surface area contributed by atoms with Crippen molar-refractivity contribution in [1.29, 1.82) is 0 Å². The number of benzene rings is 2. The van der Waals surface area contributed by atoms with Crippen molar-refractivity contribution in [3.05, 3.63) is 95.3 Å². The van der Waals surface area contributed by atoms with Gasteiger partial charge in [0.25, 0.3) is 0 Å². The van der Waals surface area contributed by atoms with Crippen molar-refractivity contribution in [3.8, 4) is 5.75 Å². The summed E-state index contributed by atoms with van der Waals surface area (Å²) in [5.41, 5.74) is 4.28. The van der Waals surface area contributed by atoms with Gasteiger partial charge in [-0.15, -0.1) is 0 Å². The molecule has 0 unspecified atom stereocenters. The van der Waals surface area contributed by atoms with E-state index in [1.165, 1.54) is 5.56 Å². The number of aryl methyl sites for hydroxylation is 1. The third-order valence-corrected chi connectivity index (χ3v) is 4.03. The van der Waals surface area contributed by atoms with E-state index in [0.717, 1.165) is 22.4 Å². The van der Waals surface area contributed by atoms with E-state index in [9.17, 15) is 4.79 Å². The van der Waals surface area contributed by atoms with E-state index in [-0.39, 0.29) is 5.91 Å². The van der Waals surface area contributed by atoms with Gasteiger partial charge in [0.15, 0.2) is 0 Å². The monoisotopic (exact) mass is 346 g/mol. The zero-order valence-corrected chi connectivity index (χ0v) is 14.8. The van der Waals surface area contributed by atoms with Gasteiger partial charge < -0.3 is 10.1 Å². The number of carbonyl (C=O) groups is 1. The van der Waals surface area contributed by atoms with Crippen LogP contribution in [0.2, 0.25) is 0 Å². The van der Waals surface area contributed by atoms with Gasteiger partial charge in [-0.3, -0.25) is 9.78 Å². The molecule has 0 fully saturated rings. The lowest BCUT2D eigenvalue weighted by Crippen LogP contribution is -2.24. The van der Waals surface area contributed by atoms with E-state index >= 15 is 0 Å². The second-order valence-electron chi connectivity index (χ2n) is 6.23. The Balaban J connectivity index is 1.45. The van der Waals surface area contributed by atoms with E-state index in [2.05, 4.69) is 10.3 Å². The first-order valence-corrected chi connectivity index (χ1v) is 8.62. The maximum Gasteiger partial charge on any atom is 0.224 e. The van der Waals surface area contributed by atoms with Crippen LogP contribution < -0.4 is 10.1 Å². The van der Waals surface area contributed by atoms with Crippen LogP contribution in [0.1, 0.15) is 22.3 Å². The number of nitrogens with zero attached hydrogens (tertiary/aromatic N) is 1. The molecular formula is C22H22N2O2. The number of rotatable bonds is 7. The Bertz CT molecular complexity index is 828. The molecule has 0 aliphatic heterocycles. The van der Waals surface area contributed by atoms with Crippen molar-refractivity contribution in [2.24, 2.45) is 0 Å². The maximum atomic E-state index is 12.1. The van der Waals surface area contributed by atoms with Gasteiger partial charge in [0.1, 0.15) is 12.4 Å². The number of hydrogen-bond donors (Lipinski definition) is 1. The first kappa shape index (κ1) is 17.7. The number of pyridine rings is 1. The topological polar surface area (TPSA) is 51.2 Å². The van der Waals surface area contributed by atoms with Gasteiger partial charge in [-0.1, -0.05) is 48.0 Å². The van der Waals surface area contributed by atoms with Crippen LogP contribution in [-0.4, -0.2) is 10.9 Å². The van der Waals surface area contributed by atoms with Gasteiger partial charge in [0.05, 0.1) is 6.42 Å². The van der Waals surface area contributed by atoms with Crippen LogP contribution in [-0.2, 0) is 24.4 Å². The van der Waals surface area contributed by atoms with Gasteiger partial charge in [-0.2, -0.15) is 0 Å². The summed E-state index contributed by atoms with van der Waals surface area (Å²) < 4.78 is 5.73. The van der Waals surface area contributed by atoms with Gasteiger partial charge in [-0.25, -0.2) is 0 Å². The summed E-state index contributed by atoms with van der Waals surface area (Å²) in [6.45, 7) is 3.03. The Morgan fingerprint density at radius 3 is 2.38 bits per heavy atom. The van der Waals surface area contributed by atoms with Crippen molar-refractivity contribution in [2.45, 2.75) is 26.5 Å². The average molecular weight is 346 g/mol. The summed E-state index contributed by atoms with van der Waals surface area (Å²) in [5.74, 6) is 0.814. The lowest BCUT2D eigenvalue weighted by molar-refractivity contribution is -0.120. The van der Waals surface area contributed by atoms with Crippen LogP contribution in [0.15, 0.2) is 73.1 Å². The molecule has 0 radical (unpaired) electrons. The molecule has 2 aromatic carbocycles. The fourth-order valence-corrected chi connectivity index (χ4v) is 2.51. The molecule has 1 aromatic heterocycles. The number of amides is 1. The predicted octanol–water partition coefficient (Wildman–Crippen LogP) is 3.83. The Hall–Kier alpha value is -3.14. The minimum absolute atomic E-state index is 0.0192. The van der Waals surface area contributed by atoms with Crippen LogP contribution >= 0.6 is 0 Å². The number of carbonyl (C=O) groups excluding carboxylic acids is 1. The third-order valence-electron chi connectivity index (χ3n) is 4.03. The number of ether oxygens (including phenoxy) is 1. The SMILES string of the molecule is Cc1ccc(CC(=O)NCc2ccc(OCc3cccnc3)cc2)cc1. The molecule has 1 amide bonds. The van der Waals surface area contributed by atoms with Crippen LogP contribution in [0.4, 0.5) is 0 Å². The molecule has 1 N–H and O–H groups in total. The number of aromatic nitrogens is 1. The Kier molecular flexibility index (Phi) is 5.99. The maximum absolute atomic E-state index is 12.1. The summed E-state index contributed by atoms with van der Waals surface area (Å²) in [6, 6.07) is 19.6. The molecule has 3 aromatic rings. The fourth-order valence-electron chi connectivity index (χ4n) is 2.51. The molecule has 3 rings (SSSR count). The lowest BCUT2D eigenvalue weighted by atomic mass is 10.1.